The van der Waals surface area contributed by atoms with Crippen LogP contribution in [-0.2, 0) is 4.79 Å². The molecule has 0 aromatic rings. The highest BCUT2D eigenvalue weighted by Crippen LogP contribution is 2.31. The van der Waals surface area contributed by atoms with Crippen LogP contribution in [-0.4, -0.2) is 63.8 Å². The fourth-order valence-corrected chi connectivity index (χ4v) is 3.26. The summed E-state index contributed by atoms with van der Waals surface area (Å²) in [7, 11) is 0. The van der Waals surface area contributed by atoms with Gasteiger partial charge in [0.15, 0.2) is 0 Å². The number of carbonyl (C=O) groups is 2. The number of carbonyl (C=O) groups excluding carboxylic acids is 1. The number of carboxylic acid groups (broad SMARTS) is 1. The third-order valence-electron chi connectivity index (χ3n) is 3.26. The minimum atomic E-state index is -4.36. The average molecular weight is 310 g/mol. The molecule has 112 valence electrons. The Morgan fingerprint density at radius 2 is 2.10 bits per heavy atom. The van der Waals surface area contributed by atoms with Gasteiger partial charge in [-0.05, 0) is 6.42 Å². The lowest BCUT2D eigenvalue weighted by Gasteiger charge is -2.32. The zero-order valence-electron chi connectivity index (χ0n) is 10.4. The molecular formula is C11H13F3N2O3S. The van der Waals surface area contributed by atoms with E-state index in [0.29, 0.717) is 5.75 Å². The van der Waals surface area contributed by atoms with Crippen molar-refractivity contribution in [1.29, 1.82) is 0 Å². The van der Waals surface area contributed by atoms with E-state index in [1.165, 1.54) is 21.6 Å². The zero-order chi connectivity index (χ0) is 14.9. The van der Waals surface area contributed by atoms with Gasteiger partial charge in [0, 0.05) is 24.4 Å². The number of carboxylic acids is 1. The molecule has 0 radical (unpaired) electrons. The van der Waals surface area contributed by atoms with E-state index in [1.807, 2.05) is 0 Å². The highest BCUT2D eigenvalue weighted by atomic mass is 32.2. The minimum absolute atomic E-state index is 0.0440. The van der Waals surface area contributed by atoms with E-state index in [0.717, 1.165) is 6.08 Å². The zero-order valence-corrected chi connectivity index (χ0v) is 11.2. The Bertz CT molecular complexity index is 453. The van der Waals surface area contributed by atoms with Gasteiger partial charge >= 0.3 is 18.2 Å². The van der Waals surface area contributed by atoms with Crippen LogP contribution < -0.4 is 0 Å². The van der Waals surface area contributed by atoms with Gasteiger partial charge in [-0.1, -0.05) is 6.08 Å². The molecule has 1 N–H and O–H groups in total. The number of alkyl halides is 3. The second kappa shape index (κ2) is 5.55. The van der Waals surface area contributed by atoms with Crippen molar-refractivity contribution in [3.63, 3.8) is 0 Å². The SMILES string of the molecule is O=C(O)[C@@H]1CSCN1C(=O)N1CC=C(C(F)(F)F)CC1. The van der Waals surface area contributed by atoms with Gasteiger partial charge in [0.25, 0.3) is 0 Å². The van der Waals surface area contributed by atoms with E-state index >= 15 is 0 Å². The van der Waals surface area contributed by atoms with Gasteiger partial charge in [-0.15, -0.1) is 11.8 Å². The molecule has 1 saturated heterocycles. The smallest absolute Gasteiger partial charge is 0.412 e. The number of urea groups is 1. The summed E-state index contributed by atoms with van der Waals surface area (Å²) in [6.45, 7) is -0.182. The Hall–Kier alpha value is -1.38. The molecule has 9 heteroatoms. The fourth-order valence-electron chi connectivity index (χ4n) is 2.12. The maximum atomic E-state index is 12.5. The van der Waals surface area contributed by atoms with Gasteiger partial charge in [-0.25, -0.2) is 9.59 Å². The van der Waals surface area contributed by atoms with Crippen molar-refractivity contribution in [3.05, 3.63) is 11.6 Å². The first-order valence-corrected chi connectivity index (χ1v) is 7.08. The number of halogens is 3. The lowest BCUT2D eigenvalue weighted by Crippen LogP contribution is -2.50. The van der Waals surface area contributed by atoms with Crippen LogP contribution in [0.3, 0.4) is 0 Å². The predicted molar refractivity (Wildman–Crippen MR) is 66.3 cm³/mol. The number of nitrogens with zero attached hydrogens (tertiary/aromatic N) is 2. The Balaban J connectivity index is 2.02. The Morgan fingerprint density at radius 1 is 1.40 bits per heavy atom. The third-order valence-corrected chi connectivity index (χ3v) is 4.27. The van der Waals surface area contributed by atoms with Crippen LogP contribution in [0.25, 0.3) is 0 Å². The maximum Gasteiger partial charge on any atom is 0.412 e. The molecule has 2 heterocycles. The summed E-state index contributed by atoms with van der Waals surface area (Å²) >= 11 is 1.32. The molecule has 5 nitrogen and oxygen atoms in total. The number of aliphatic carboxylic acids is 1. The van der Waals surface area contributed by atoms with Crippen LogP contribution in [0.1, 0.15) is 6.42 Å². The van der Waals surface area contributed by atoms with E-state index in [-0.39, 0.29) is 25.4 Å². The van der Waals surface area contributed by atoms with E-state index < -0.39 is 29.8 Å². The van der Waals surface area contributed by atoms with Gasteiger partial charge in [0.2, 0.25) is 0 Å². The summed E-state index contributed by atoms with van der Waals surface area (Å²) in [5, 5.41) is 8.99. The molecule has 20 heavy (non-hydrogen) atoms. The lowest BCUT2D eigenvalue weighted by molar-refractivity contribution is -0.140. The normalized spacial score (nSPS) is 23.8. The number of amides is 2. The predicted octanol–water partition coefficient (Wildman–Crippen LogP) is 1.76. The van der Waals surface area contributed by atoms with Crippen molar-refractivity contribution in [1.82, 2.24) is 9.80 Å². The molecule has 0 spiro atoms. The van der Waals surface area contributed by atoms with Crippen LogP contribution in [0, 0.1) is 0 Å². The summed E-state index contributed by atoms with van der Waals surface area (Å²) in [6.07, 6.45) is -3.63. The number of hydrogen-bond donors (Lipinski definition) is 1. The van der Waals surface area contributed by atoms with E-state index in [2.05, 4.69) is 0 Å². The molecule has 0 aromatic heterocycles. The first-order chi connectivity index (χ1) is 9.30. The summed E-state index contributed by atoms with van der Waals surface area (Å²) in [5.74, 6) is -0.535. The molecule has 2 aliphatic rings. The minimum Gasteiger partial charge on any atom is -0.480 e. The van der Waals surface area contributed by atoms with E-state index in [9.17, 15) is 22.8 Å². The summed E-state index contributed by atoms with van der Waals surface area (Å²) in [4.78, 5) is 25.6. The standard InChI is InChI=1S/C11H13F3N2O3S/c12-11(13,14)7-1-3-15(4-2-7)10(19)16-6-20-5-8(16)9(17)18/h1,8H,2-6H2,(H,17,18)/t8-/m0/s1. The van der Waals surface area contributed by atoms with Gasteiger partial charge in [0.05, 0.1) is 5.88 Å². The molecule has 0 aliphatic carbocycles. The van der Waals surface area contributed by atoms with Crippen molar-refractivity contribution >= 4 is 23.8 Å². The second-order valence-corrected chi connectivity index (χ2v) is 5.53. The summed E-state index contributed by atoms with van der Waals surface area (Å²) in [6, 6.07) is -1.42. The Kier molecular flexibility index (Phi) is 4.17. The van der Waals surface area contributed by atoms with Crippen LogP contribution in [0.5, 0.6) is 0 Å². The van der Waals surface area contributed by atoms with Gasteiger partial charge < -0.3 is 14.9 Å². The molecule has 0 saturated carbocycles. The summed E-state index contributed by atoms with van der Waals surface area (Å²) < 4.78 is 37.4. The Morgan fingerprint density at radius 3 is 2.60 bits per heavy atom. The highest BCUT2D eigenvalue weighted by molar-refractivity contribution is 7.99. The number of hydrogen-bond acceptors (Lipinski definition) is 3. The van der Waals surface area contributed by atoms with E-state index in [4.69, 9.17) is 5.11 Å². The molecule has 2 amide bonds. The summed E-state index contributed by atoms with van der Waals surface area (Å²) in [5.41, 5.74) is -0.632. The van der Waals surface area contributed by atoms with Crippen molar-refractivity contribution in [3.8, 4) is 0 Å². The van der Waals surface area contributed by atoms with E-state index in [1.54, 1.807) is 0 Å². The molecule has 1 atom stereocenters. The van der Waals surface area contributed by atoms with Gasteiger partial charge in [-0.2, -0.15) is 13.2 Å². The van der Waals surface area contributed by atoms with Crippen molar-refractivity contribution in [2.45, 2.75) is 18.6 Å². The number of thioether (sulfide) groups is 1. The third kappa shape index (κ3) is 3.02. The first kappa shape index (κ1) is 15.0. The maximum absolute atomic E-state index is 12.5. The highest BCUT2D eigenvalue weighted by Gasteiger charge is 2.39. The lowest BCUT2D eigenvalue weighted by atomic mass is 10.1. The second-order valence-electron chi connectivity index (χ2n) is 4.53. The van der Waals surface area contributed by atoms with Gasteiger partial charge in [0.1, 0.15) is 6.04 Å². The molecule has 1 fully saturated rings. The Labute approximate surface area is 117 Å². The fraction of sp³-hybridized carbons (Fsp3) is 0.636. The monoisotopic (exact) mass is 310 g/mol. The number of rotatable bonds is 1. The van der Waals surface area contributed by atoms with Crippen LogP contribution >= 0.6 is 11.8 Å². The van der Waals surface area contributed by atoms with Crippen molar-refractivity contribution in [2.75, 3.05) is 24.7 Å². The van der Waals surface area contributed by atoms with Crippen LogP contribution in [0.4, 0.5) is 18.0 Å². The average Bonchev–Trinajstić information content (AvgIpc) is 2.86. The first-order valence-electron chi connectivity index (χ1n) is 5.93. The molecule has 2 rings (SSSR count). The largest absolute Gasteiger partial charge is 0.480 e. The molecule has 0 bridgehead atoms. The molecule has 2 aliphatic heterocycles. The topological polar surface area (TPSA) is 60.9 Å². The van der Waals surface area contributed by atoms with Crippen LogP contribution in [0.2, 0.25) is 0 Å². The quantitative estimate of drug-likeness (QED) is 0.750. The molecular weight excluding hydrogens is 297 g/mol. The van der Waals surface area contributed by atoms with Crippen molar-refractivity contribution in [2.24, 2.45) is 0 Å². The van der Waals surface area contributed by atoms with Crippen molar-refractivity contribution < 1.29 is 27.9 Å². The molecule has 0 unspecified atom stereocenters. The molecule has 0 aromatic carbocycles. The van der Waals surface area contributed by atoms with Gasteiger partial charge in [-0.3, -0.25) is 0 Å². The van der Waals surface area contributed by atoms with Crippen LogP contribution in [0.15, 0.2) is 11.6 Å².